The lowest BCUT2D eigenvalue weighted by Crippen LogP contribution is -2.41. The summed E-state index contributed by atoms with van der Waals surface area (Å²) in [5, 5.41) is 13.2. The highest BCUT2D eigenvalue weighted by atomic mass is 35.5. The van der Waals surface area contributed by atoms with Gasteiger partial charge in [-0.15, -0.1) is 0 Å². The number of halogens is 2. The molecule has 1 amide bonds. The van der Waals surface area contributed by atoms with E-state index in [9.17, 15) is 19.1 Å². The lowest BCUT2D eigenvalue weighted by molar-refractivity contribution is -0.139. The van der Waals surface area contributed by atoms with Crippen LogP contribution in [0.4, 0.5) is 4.39 Å². The Kier molecular flexibility index (Phi) is 5.23. The van der Waals surface area contributed by atoms with Crippen LogP contribution in [0.1, 0.15) is 22.5 Å². The average Bonchev–Trinajstić information content (AvgIpc) is 3.01. The molecule has 1 aromatic heterocycles. The Labute approximate surface area is 153 Å². The van der Waals surface area contributed by atoms with Crippen LogP contribution >= 0.6 is 11.6 Å². The second kappa shape index (κ2) is 7.58. The maximum Gasteiger partial charge on any atom is 0.326 e. The molecule has 3 aromatic rings. The van der Waals surface area contributed by atoms with E-state index in [2.05, 4.69) is 10.3 Å². The van der Waals surface area contributed by atoms with Gasteiger partial charge in [-0.25, -0.2) is 9.18 Å². The van der Waals surface area contributed by atoms with E-state index in [1.807, 2.05) is 0 Å². The molecule has 0 aliphatic heterocycles. The molecule has 7 heteroatoms. The van der Waals surface area contributed by atoms with Crippen LogP contribution in [0.15, 0.2) is 48.5 Å². The molecule has 0 aliphatic carbocycles. The van der Waals surface area contributed by atoms with Crippen molar-refractivity contribution in [3.05, 3.63) is 70.6 Å². The molecule has 0 unspecified atom stereocenters. The third kappa shape index (κ3) is 4.21. The molecule has 0 spiro atoms. The van der Waals surface area contributed by atoms with Gasteiger partial charge in [0.25, 0.3) is 5.91 Å². The summed E-state index contributed by atoms with van der Waals surface area (Å²) in [6.45, 7) is 0. The van der Waals surface area contributed by atoms with Crippen LogP contribution < -0.4 is 5.32 Å². The van der Waals surface area contributed by atoms with E-state index in [4.69, 9.17) is 11.6 Å². The first-order chi connectivity index (χ1) is 12.4. The van der Waals surface area contributed by atoms with Gasteiger partial charge in [-0.1, -0.05) is 23.7 Å². The number of aromatic amines is 1. The van der Waals surface area contributed by atoms with Crippen molar-refractivity contribution < 1.29 is 19.1 Å². The highest BCUT2D eigenvalue weighted by Gasteiger charge is 2.21. The second-order valence-electron chi connectivity index (χ2n) is 5.95. The molecule has 1 heterocycles. The number of H-pyrrole nitrogens is 1. The number of rotatable bonds is 6. The van der Waals surface area contributed by atoms with Gasteiger partial charge in [0.05, 0.1) is 0 Å². The summed E-state index contributed by atoms with van der Waals surface area (Å²) in [4.78, 5) is 26.8. The Hall–Kier alpha value is -2.86. The third-order valence-corrected chi connectivity index (χ3v) is 4.28. The first kappa shape index (κ1) is 17.9. The van der Waals surface area contributed by atoms with Crippen molar-refractivity contribution in [3.63, 3.8) is 0 Å². The van der Waals surface area contributed by atoms with Gasteiger partial charge in [0.15, 0.2) is 0 Å². The van der Waals surface area contributed by atoms with Gasteiger partial charge in [0.2, 0.25) is 0 Å². The summed E-state index contributed by atoms with van der Waals surface area (Å²) in [7, 11) is 0. The second-order valence-corrected chi connectivity index (χ2v) is 6.38. The van der Waals surface area contributed by atoms with Gasteiger partial charge < -0.3 is 15.4 Å². The van der Waals surface area contributed by atoms with Crippen LogP contribution in [0.5, 0.6) is 0 Å². The number of hydrogen-bond donors (Lipinski definition) is 3. The van der Waals surface area contributed by atoms with Crippen molar-refractivity contribution in [1.82, 2.24) is 10.3 Å². The number of carboxylic acids is 1. The maximum absolute atomic E-state index is 13.2. The highest BCUT2D eigenvalue weighted by Crippen LogP contribution is 2.20. The minimum Gasteiger partial charge on any atom is -0.480 e. The van der Waals surface area contributed by atoms with Crippen molar-refractivity contribution in [1.29, 1.82) is 0 Å². The van der Waals surface area contributed by atoms with E-state index >= 15 is 0 Å². The van der Waals surface area contributed by atoms with E-state index in [0.717, 1.165) is 10.9 Å². The van der Waals surface area contributed by atoms with E-state index in [1.165, 1.54) is 12.1 Å². The first-order valence-corrected chi connectivity index (χ1v) is 8.36. The van der Waals surface area contributed by atoms with Gasteiger partial charge >= 0.3 is 5.97 Å². The summed E-state index contributed by atoms with van der Waals surface area (Å²) >= 11 is 5.93. The number of carboxylic acid groups (broad SMARTS) is 1. The predicted octanol–water partition coefficient (Wildman–Crippen LogP) is 3.78. The number of hydrogen-bond acceptors (Lipinski definition) is 2. The summed E-state index contributed by atoms with van der Waals surface area (Å²) in [6.07, 6.45) is 0.480. The van der Waals surface area contributed by atoms with Gasteiger partial charge in [0.1, 0.15) is 17.6 Å². The molecule has 2 aromatic carbocycles. The van der Waals surface area contributed by atoms with E-state index in [1.54, 1.807) is 36.4 Å². The number of aromatic nitrogens is 1. The summed E-state index contributed by atoms with van der Waals surface area (Å²) in [5.74, 6) is -2.05. The molecule has 134 valence electrons. The van der Waals surface area contributed by atoms with Crippen LogP contribution in [-0.4, -0.2) is 28.0 Å². The molecular formula is C19H16ClFN2O3. The largest absolute Gasteiger partial charge is 0.480 e. The minimum atomic E-state index is -1.14. The fourth-order valence-corrected chi connectivity index (χ4v) is 2.90. The standard InChI is InChI=1S/C19H16ClFN2O3/c20-13-5-7-15-12(9-13)10-17(22-15)18(24)23-16(19(25)26)6-4-11-2-1-3-14(21)8-11/h1-3,5,7-10,16,22H,4,6H2,(H,23,24)(H,25,26)/t16-/m0/s1. The Balaban J connectivity index is 1.70. The first-order valence-electron chi connectivity index (χ1n) is 7.99. The van der Waals surface area contributed by atoms with Crippen LogP contribution in [0.25, 0.3) is 10.9 Å². The van der Waals surface area contributed by atoms with Crippen molar-refractivity contribution >= 4 is 34.4 Å². The van der Waals surface area contributed by atoms with Crippen molar-refractivity contribution in [3.8, 4) is 0 Å². The molecule has 26 heavy (non-hydrogen) atoms. The molecule has 1 atom stereocenters. The maximum atomic E-state index is 13.2. The Bertz CT molecular complexity index is 970. The number of carbonyl (C=O) groups is 2. The molecule has 0 bridgehead atoms. The minimum absolute atomic E-state index is 0.149. The van der Waals surface area contributed by atoms with Crippen LogP contribution in [0, 0.1) is 5.82 Å². The van der Waals surface area contributed by atoms with Gasteiger partial charge in [-0.05, 0) is 54.8 Å². The number of aliphatic carboxylic acids is 1. The number of nitrogens with one attached hydrogen (secondary N) is 2. The van der Waals surface area contributed by atoms with Gasteiger partial charge in [-0.3, -0.25) is 4.79 Å². The van der Waals surface area contributed by atoms with Gasteiger partial charge in [0, 0.05) is 15.9 Å². The zero-order valence-electron chi connectivity index (χ0n) is 13.6. The quantitative estimate of drug-likeness (QED) is 0.614. The molecule has 0 saturated carbocycles. The SMILES string of the molecule is O=C(N[C@@H](CCc1cccc(F)c1)C(=O)O)c1cc2cc(Cl)ccc2[nH]1. The predicted molar refractivity (Wildman–Crippen MR) is 96.9 cm³/mol. The van der Waals surface area contributed by atoms with E-state index in [-0.39, 0.29) is 17.9 Å². The monoisotopic (exact) mass is 374 g/mol. The zero-order valence-corrected chi connectivity index (χ0v) is 14.4. The molecule has 3 N–H and O–H groups in total. The molecule has 0 radical (unpaired) electrons. The topological polar surface area (TPSA) is 82.2 Å². The van der Waals surface area contributed by atoms with Crippen LogP contribution in [0.2, 0.25) is 5.02 Å². The highest BCUT2D eigenvalue weighted by molar-refractivity contribution is 6.31. The number of fused-ring (bicyclic) bond motifs is 1. The van der Waals surface area contributed by atoms with Gasteiger partial charge in [-0.2, -0.15) is 0 Å². The Morgan fingerprint density at radius 2 is 2.00 bits per heavy atom. The summed E-state index contributed by atoms with van der Waals surface area (Å²) in [6, 6.07) is 11.6. The average molecular weight is 375 g/mol. The van der Waals surface area contributed by atoms with Crippen LogP contribution in [0.3, 0.4) is 0 Å². The lowest BCUT2D eigenvalue weighted by Gasteiger charge is -2.14. The van der Waals surface area contributed by atoms with E-state index in [0.29, 0.717) is 17.0 Å². The molecule has 3 rings (SSSR count). The fourth-order valence-electron chi connectivity index (χ4n) is 2.72. The number of benzene rings is 2. The number of aryl methyl sites for hydroxylation is 1. The zero-order chi connectivity index (χ0) is 18.7. The smallest absolute Gasteiger partial charge is 0.326 e. The molecule has 0 saturated heterocycles. The van der Waals surface area contributed by atoms with Crippen molar-refractivity contribution in [2.45, 2.75) is 18.9 Å². The molecule has 0 fully saturated rings. The summed E-state index contributed by atoms with van der Waals surface area (Å²) < 4.78 is 13.2. The van der Waals surface area contributed by atoms with Crippen LogP contribution in [-0.2, 0) is 11.2 Å². The molecule has 5 nitrogen and oxygen atoms in total. The van der Waals surface area contributed by atoms with Crippen molar-refractivity contribution in [2.75, 3.05) is 0 Å². The van der Waals surface area contributed by atoms with E-state index < -0.39 is 17.9 Å². The lowest BCUT2D eigenvalue weighted by atomic mass is 10.0. The number of amides is 1. The Morgan fingerprint density at radius 1 is 1.19 bits per heavy atom. The normalized spacial score (nSPS) is 12.1. The fraction of sp³-hybridized carbons (Fsp3) is 0.158. The summed E-state index contributed by atoms with van der Waals surface area (Å²) in [5.41, 5.74) is 1.65. The Morgan fingerprint density at radius 3 is 2.73 bits per heavy atom. The molecular weight excluding hydrogens is 359 g/mol. The number of carbonyl (C=O) groups excluding carboxylic acids is 1. The van der Waals surface area contributed by atoms with Crippen molar-refractivity contribution in [2.24, 2.45) is 0 Å². The third-order valence-electron chi connectivity index (χ3n) is 4.04. The molecule has 0 aliphatic rings.